The van der Waals surface area contributed by atoms with Crippen molar-refractivity contribution in [3.05, 3.63) is 0 Å². The summed E-state index contributed by atoms with van der Waals surface area (Å²) in [4.78, 5) is 0. The molecule has 0 fully saturated rings. The topological polar surface area (TPSA) is 169 Å². The van der Waals surface area contributed by atoms with E-state index in [9.17, 15) is 0 Å². The fourth-order valence-electron chi connectivity index (χ4n) is 3.92. The van der Waals surface area contributed by atoms with Crippen LogP contribution in [0.15, 0.2) is 0 Å². The third-order valence-electron chi connectivity index (χ3n) is 6.17. The first kappa shape index (κ1) is 40.6. The second kappa shape index (κ2) is 23.9. The quantitative estimate of drug-likeness (QED) is 0.105. The summed E-state index contributed by atoms with van der Waals surface area (Å²) in [5.41, 5.74) is 23.0. The van der Waals surface area contributed by atoms with Crippen molar-refractivity contribution < 1.29 is 33.2 Å². The maximum Gasteiger partial charge on any atom is 0.0781 e. The van der Waals surface area contributed by atoms with Gasteiger partial charge in [0.05, 0.1) is 90.5 Å². The van der Waals surface area contributed by atoms with Gasteiger partial charge in [0.15, 0.2) is 0 Å². The van der Waals surface area contributed by atoms with Crippen LogP contribution in [0.25, 0.3) is 0 Å². The first-order chi connectivity index (χ1) is 19.2. The molecular formula is C30H66N4O7. The maximum absolute atomic E-state index is 6.23. The van der Waals surface area contributed by atoms with Crippen molar-refractivity contribution in [1.29, 1.82) is 0 Å². The minimum absolute atomic E-state index is 0.0103. The fourth-order valence-corrected chi connectivity index (χ4v) is 3.92. The van der Waals surface area contributed by atoms with E-state index in [-0.39, 0.29) is 54.0 Å². The Balaban J connectivity index is 5.40. The molecule has 8 atom stereocenters. The van der Waals surface area contributed by atoms with Gasteiger partial charge < -0.3 is 56.1 Å². The highest BCUT2D eigenvalue weighted by atomic mass is 16.6. The zero-order chi connectivity index (χ0) is 31.3. The van der Waals surface area contributed by atoms with Crippen molar-refractivity contribution in [2.24, 2.45) is 28.3 Å². The molecule has 0 bridgehead atoms. The molecule has 0 radical (unpaired) electrons. The molecule has 0 aliphatic rings. The lowest BCUT2D eigenvalue weighted by Crippen LogP contribution is -2.40. The molecule has 11 nitrogen and oxygen atoms in total. The Morgan fingerprint density at radius 1 is 0.439 bits per heavy atom. The summed E-state index contributed by atoms with van der Waals surface area (Å²) in [6, 6.07) is -0.0654. The predicted molar refractivity (Wildman–Crippen MR) is 165 cm³/mol. The Kier molecular flexibility index (Phi) is 23.7. The second-order valence-electron chi connectivity index (χ2n) is 12.4. The Bertz CT molecular complexity index is 498. The van der Waals surface area contributed by atoms with E-state index in [1.54, 1.807) is 0 Å². The van der Waals surface area contributed by atoms with Crippen LogP contribution in [0.3, 0.4) is 0 Å². The number of ether oxygens (including phenoxy) is 7. The minimum atomic E-state index is -0.385. The van der Waals surface area contributed by atoms with Gasteiger partial charge in [0.25, 0.3) is 0 Å². The minimum Gasteiger partial charge on any atom is -0.378 e. The van der Waals surface area contributed by atoms with Crippen molar-refractivity contribution in [2.75, 3.05) is 66.1 Å². The summed E-state index contributed by atoms with van der Waals surface area (Å²) in [6.45, 7) is 20.5. The van der Waals surface area contributed by atoms with E-state index in [1.807, 2.05) is 48.5 Å². The first-order valence-electron chi connectivity index (χ1n) is 15.5. The third kappa shape index (κ3) is 24.7. The van der Waals surface area contributed by atoms with Crippen LogP contribution in [0.4, 0.5) is 0 Å². The molecule has 41 heavy (non-hydrogen) atoms. The van der Waals surface area contributed by atoms with E-state index in [4.69, 9.17) is 56.1 Å². The maximum atomic E-state index is 6.23. The molecule has 0 rings (SSSR count). The van der Waals surface area contributed by atoms with Crippen LogP contribution in [0.1, 0.15) is 74.7 Å². The molecule has 0 saturated heterocycles. The van der Waals surface area contributed by atoms with Crippen LogP contribution in [-0.2, 0) is 33.2 Å². The molecular weight excluding hydrogens is 528 g/mol. The lowest BCUT2D eigenvalue weighted by molar-refractivity contribution is -0.113. The van der Waals surface area contributed by atoms with Crippen LogP contribution in [0, 0.1) is 5.41 Å². The molecule has 0 aromatic rings. The lowest BCUT2D eigenvalue weighted by Gasteiger charge is -2.35. The van der Waals surface area contributed by atoms with E-state index in [2.05, 4.69) is 6.92 Å². The van der Waals surface area contributed by atoms with Crippen LogP contribution in [-0.4, -0.2) is 115 Å². The fraction of sp³-hybridized carbons (Fsp3) is 1.00. The molecule has 11 heteroatoms. The lowest BCUT2D eigenvalue weighted by atomic mass is 9.84. The molecule has 0 heterocycles. The molecule has 0 aliphatic carbocycles. The SMILES string of the molecule is CC(N)COC(C)CCCC(COCC(C)OCC(C)N)(COCC(C)OCC(C)N)COCC(C)OCC(C)N. The highest BCUT2D eigenvalue weighted by molar-refractivity contribution is 4.81. The Morgan fingerprint density at radius 3 is 1.02 bits per heavy atom. The average Bonchev–Trinajstić information content (AvgIpc) is 2.88. The summed E-state index contributed by atoms with van der Waals surface area (Å²) in [7, 11) is 0. The van der Waals surface area contributed by atoms with Gasteiger partial charge in [-0.2, -0.15) is 0 Å². The number of hydrogen-bond acceptors (Lipinski definition) is 11. The van der Waals surface area contributed by atoms with Gasteiger partial charge in [-0.25, -0.2) is 0 Å². The van der Waals surface area contributed by atoms with Gasteiger partial charge in [-0.1, -0.05) is 6.42 Å². The van der Waals surface area contributed by atoms with Crippen LogP contribution < -0.4 is 22.9 Å². The molecule has 8 N–H and O–H groups in total. The van der Waals surface area contributed by atoms with E-state index in [1.165, 1.54) is 0 Å². The Morgan fingerprint density at radius 2 is 0.732 bits per heavy atom. The van der Waals surface area contributed by atoms with Crippen molar-refractivity contribution in [2.45, 2.75) is 123 Å². The van der Waals surface area contributed by atoms with Gasteiger partial charge in [0.2, 0.25) is 0 Å². The Hall–Kier alpha value is -0.440. The predicted octanol–water partition coefficient (Wildman–Crippen LogP) is 2.20. The number of rotatable bonds is 28. The normalized spacial score (nSPS) is 19.6. The zero-order valence-electron chi connectivity index (χ0n) is 27.5. The molecule has 0 aliphatic heterocycles. The molecule has 248 valence electrons. The van der Waals surface area contributed by atoms with E-state index < -0.39 is 0 Å². The standard InChI is InChI=1S/C30H66N4O7/c1-22(31)12-38-26(5)10-9-11-30(19-35-16-27(6)39-13-23(2)32,20-36-17-28(7)40-14-24(3)33)21-37-18-29(8)41-15-25(4)34/h22-29H,9-21,31-34H2,1-8H3. The van der Waals surface area contributed by atoms with Gasteiger partial charge in [-0.3, -0.25) is 0 Å². The van der Waals surface area contributed by atoms with Gasteiger partial charge in [0, 0.05) is 29.6 Å². The molecule has 0 aromatic carbocycles. The van der Waals surface area contributed by atoms with Gasteiger partial charge >= 0.3 is 0 Å². The molecule has 0 spiro atoms. The molecule has 0 amide bonds. The zero-order valence-corrected chi connectivity index (χ0v) is 27.5. The summed E-state index contributed by atoms with van der Waals surface area (Å²) in [6.07, 6.45) is 2.51. The van der Waals surface area contributed by atoms with E-state index in [0.29, 0.717) is 66.1 Å². The van der Waals surface area contributed by atoms with Crippen LogP contribution in [0.5, 0.6) is 0 Å². The number of hydrogen-bond donors (Lipinski definition) is 4. The van der Waals surface area contributed by atoms with Gasteiger partial charge in [-0.15, -0.1) is 0 Å². The van der Waals surface area contributed by atoms with Crippen molar-refractivity contribution in [3.8, 4) is 0 Å². The average molecular weight is 595 g/mol. The smallest absolute Gasteiger partial charge is 0.0781 e. The van der Waals surface area contributed by atoms with Crippen molar-refractivity contribution >= 4 is 0 Å². The van der Waals surface area contributed by atoms with Gasteiger partial charge in [0.1, 0.15) is 0 Å². The number of nitrogens with two attached hydrogens (primary N) is 4. The summed E-state index contributed by atoms with van der Waals surface area (Å²) in [5.74, 6) is 0. The highest BCUT2D eigenvalue weighted by Crippen LogP contribution is 2.28. The monoisotopic (exact) mass is 594 g/mol. The van der Waals surface area contributed by atoms with Crippen LogP contribution >= 0.6 is 0 Å². The summed E-state index contributed by atoms with van der Waals surface area (Å²) < 4.78 is 42.0. The second-order valence-corrected chi connectivity index (χ2v) is 12.4. The third-order valence-corrected chi connectivity index (χ3v) is 6.17. The van der Waals surface area contributed by atoms with Crippen LogP contribution in [0.2, 0.25) is 0 Å². The molecule has 0 saturated carbocycles. The van der Waals surface area contributed by atoms with E-state index in [0.717, 1.165) is 19.3 Å². The molecule has 8 unspecified atom stereocenters. The van der Waals surface area contributed by atoms with Crippen molar-refractivity contribution in [1.82, 2.24) is 0 Å². The van der Waals surface area contributed by atoms with Gasteiger partial charge in [-0.05, 0) is 68.2 Å². The van der Waals surface area contributed by atoms with Crippen molar-refractivity contribution in [3.63, 3.8) is 0 Å². The summed E-state index contributed by atoms with van der Waals surface area (Å²) >= 11 is 0. The largest absolute Gasteiger partial charge is 0.378 e. The summed E-state index contributed by atoms with van der Waals surface area (Å²) in [5, 5.41) is 0. The van der Waals surface area contributed by atoms with E-state index >= 15 is 0 Å². The Labute approximate surface area is 250 Å². The highest BCUT2D eigenvalue weighted by Gasteiger charge is 2.32. The molecule has 0 aromatic heterocycles. The first-order valence-corrected chi connectivity index (χ1v) is 15.5.